The predicted octanol–water partition coefficient (Wildman–Crippen LogP) is 3.86. The third-order valence-electron chi connectivity index (χ3n) is 2.72. The molecule has 0 unspecified atom stereocenters. The molecule has 2 rings (SSSR count). The Morgan fingerprint density at radius 1 is 1.15 bits per heavy atom. The lowest BCUT2D eigenvalue weighted by Crippen LogP contribution is -2.09. The van der Waals surface area contributed by atoms with E-state index in [1.807, 2.05) is 0 Å². The summed E-state index contributed by atoms with van der Waals surface area (Å²) in [6.07, 6.45) is 0. The number of halogens is 3. The van der Waals surface area contributed by atoms with E-state index in [1.165, 1.54) is 6.07 Å². The SMILES string of the molecule is NC(=S)c1ccc(NCc2ccc(F)c(F)c2)c(Cl)c1. The average molecular weight is 313 g/mol. The molecule has 0 aliphatic rings. The number of nitrogens with two attached hydrogens (primary N) is 1. The quantitative estimate of drug-likeness (QED) is 0.842. The van der Waals surface area contributed by atoms with Crippen LogP contribution in [0.5, 0.6) is 0 Å². The van der Waals surface area contributed by atoms with Crippen LogP contribution in [0.3, 0.4) is 0 Å². The van der Waals surface area contributed by atoms with Crippen molar-refractivity contribution in [3.8, 4) is 0 Å². The maximum absolute atomic E-state index is 13.1. The highest BCUT2D eigenvalue weighted by Crippen LogP contribution is 2.23. The van der Waals surface area contributed by atoms with Crippen molar-refractivity contribution in [1.29, 1.82) is 0 Å². The molecular weight excluding hydrogens is 302 g/mol. The minimum atomic E-state index is -0.876. The Bertz CT molecular complexity index is 662. The Hall–Kier alpha value is -1.72. The van der Waals surface area contributed by atoms with Crippen LogP contribution >= 0.6 is 23.8 Å². The molecule has 0 radical (unpaired) electrons. The van der Waals surface area contributed by atoms with Crippen molar-refractivity contribution in [3.05, 3.63) is 64.2 Å². The largest absolute Gasteiger partial charge is 0.389 e. The molecule has 0 heterocycles. The van der Waals surface area contributed by atoms with Crippen molar-refractivity contribution >= 4 is 34.5 Å². The van der Waals surface area contributed by atoms with Crippen LogP contribution in [0.2, 0.25) is 5.02 Å². The topological polar surface area (TPSA) is 38.0 Å². The first-order chi connectivity index (χ1) is 9.47. The summed E-state index contributed by atoms with van der Waals surface area (Å²) in [6.45, 7) is 0.323. The molecule has 0 saturated carbocycles. The van der Waals surface area contributed by atoms with Crippen molar-refractivity contribution in [2.24, 2.45) is 5.73 Å². The molecular formula is C14H11ClF2N2S. The molecule has 0 amide bonds. The molecule has 0 aliphatic heterocycles. The van der Waals surface area contributed by atoms with E-state index >= 15 is 0 Å². The highest BCUT2D eigenvalue weighted by atomic mass is 35.5. The van der Waals surface area contributed by atoms with E-state index in [2.05, 4.69) is 5.32 Å². The summed E-state index contributed by atoms with van der Waals surface area (Å²) in [5.74, 6) is -1.74. The average Bonchev–Trinajstić information content (AvgIpc) is 2.41. The number of anilines is 1. The van der Waals surface area contributed by atoms with Crippen molar-refractivity contribution in [2.45, 2.75) is 6.54 Å². The lowest BCUT2D eigenvalue weighted by Gasteiger charge is -2.10. The number of rotatable bonds is 4. The van der Waals surface area contributed by atoms with Crippen LogP contribution in [0.15, 0.2) is 36.4 Å². The van der Waals surface area contributed by atoms with Crippen LogP contribution in [0.4, 0.5) is 14.5 Å². The maximum atomic E-state index is 13.1. The van der Waals surface area contributed by atoms with Crippen LogP contribution < -0.4 is 11.1 Å². The Kier molecular flexibility index (Phi) is 4.52. The molecule has 20 heavy (non-hydrogen) atoms. The van der Waals surface area contributed by atoms with Gasteiger partial charge in [-0.2, -0.15) is 0 Å². The van der Waals surface area contributed by atoms with Crippen molar-refractivity contribution in [3.63, 3.8) is 0 Å². The van der Waals surface area contributed by atoms with E-state index in [0.29, 0.717) is 28.4 Å². The Balaban J connectivity index is 2.10. The first-order valence-electron chi connectivity index (χ1n) is 5.74. The summed E-state index contributed by atoms with van der Waals surface area (Å²) in [7, 11) is 0. The highest BCUT2D eigenvalue weighted by molar-refractivity contribution is 7.80. The van der Waals surface area contributed by atoms with Gasteiger partial charge in [-0.05, 0) is 35.9 Å². The second-order valence-electron chi connectivity index (χ2n) is 4.16. The first-order valence-corrected chi connectivity index (χ1v) is 6.53. The number of hydrogen-bond acceptors (Lipinski definition) is 2. The third-order valence-corrected chi connectivity index (χ3v) is 3.27. The molecule has 0 aromatic heterocycles. The Morgan fingerprint density at radius 3 is 2.50 bits per heavy atom. The monoisotopic (exact) mass is 312 g/mol. The van der Waals surface area contributed by atoms with Gasteiger partial charge in [0.1, 0.15) is 4.99 Å². The van der Waals surface area contributed by atoms with E-state index < -0.39 is 11.6 Å². The van der Waals surface area contributed by atoms with Gasteiger partial charge in [0, 0.05) is 12.1 Å². The van der Waals surface area contributed by atoms with E-state index in [0.717, 1.165) is 12.1 Å². The summed E-state index contributed by atoms with van der Waals surface area (Å²) in [6, 6.07) is 8.85. The molecule has 0 spiro atoms. The van der Waals surface area contributed by atoms with Gasteiger partial charge in [0.05, 0.1) is 10.7 Å². The molecule has 0 bridgehead atoms. The first kappa shape index (κ1) is 14.7. The second-order valence-corrected chi connectivity index (χ2v) is 5.01. The Morgan fingerprint density at radius 2 is 1.90 bits per heavy atom. The number of thiocarbonyl (C=S) groups is 1. The molecule has 0 atom stereocenters. The number of nitrogens with one attached hydrogen (secondary N) is 1. The van der Waals surface area contributed by atoms with E-state index in [1.54, 1.807) is 18.2 Å². The summed E-state index contributed by atoms with van der Waals surface area (Å²) >= 11 is 10.9. The van der Waals surface area contributed by atoms with Crippen molar-refractivity contribution in [1.82, 2.24) is 0 Å². The van der Waals surface area contributed by atoms with Gasteiger partial charge in [-0.1, -0.05) is 29.9 Å². The summed E-state index contributed by atoms with van der Waals surface area (Å²) in [5, 5.41) is 3.49. The van der Waals surface area contributed by atoms with Crippen LogP contribution in [0.25, 0.3) is 0 Å². The number of hydrogen-bond donors (Lipinski definition) is 2. The third kappa shape index (κ3) is 3.43. The fourth-order valence-electron chi connectivity index (χ4n) is 1.66. The van der Waals surface area contributed by atoms with E-state index in [9.17, 15) is 8.78 Å². The zero-order valence-electron chi connectivity index (χ0n) is 10.3. The standard InChI is InChI=1S/C14H11ClF2N2S/c15-10-6-9(14(18)20)2-4-13(10)19-7-8-1-3-11(16)12(17)5-8/h1-6,19H,7H2,(H2,18,20). The maximum Gasteiger partial charge on any atom is 0.159 e. The molecule has 6 heteroatoms. The second kappa shape index (κ2) is 6.15. The fraction of sp³-hybridized carbons (Fsp3) is 0.0714. The summed E-state index contributed by atoms with van der Waals surface area (Å²) < 4.78 is 25.9. The van der Waals surface area contributed by atoms with Crippen LogP contribution in [-0.2, 0) is 6.54 Å². The molecule has 0 fully saturated rings. The molecule has 0 aliphatic carbocycles. The normalized spacial score (nSPS) is 10.3. The van der Waals surface area contributed by atoms with Crippen LogP contribution in [-0.4, -0.2) is 4.99 Å². The Labute approximate surface area is 125 Å². The van der Waals surface area contributed by atoms with Crippen molar-refractivity contribution < 1.29 is 8.78 Å². The number of benzene rings is 2. The lowest BCUT2D eigenvalue weighted by atomic mass is 10.2. The van der Waals surface area contributed by atoms with Gasteiger partial charge in [-0.3, -0.25) is 0 Å². The fourth-order valence-corrected chi connectivity index (χ4v) is 2.03. The van der Waals surface area contributed by atoms with Gasteiger partial charge in [0.2, 0.25) is 0 Å². The molecule has 2 aromatic rings. The van der Waals surface area contributed by atoms with Crippen LogP contribution in [0, 0.1) is 11.6 Å². The summed E-state index contributed by atoms with van der Waals surface area (Å²) in [5.41, 5.74) is 7.45. The highest BCUT2D eigenvalue weighted by Gasteiger charge is 2.05. The smallest absolute Gasteiger partial charge is 0.159 e. The molecule has 0 saturated heterocycles. The van der Waals surface area contributed by atoms with E-state index in [4.69, 9.17) is 29.6 Å². The molecule has 2 nitrogen and oxygen atoms in total. The van der Waals surface area contributed by atoms with Gasteiger partial charge in [-0.15, -0.1) is 0 Å². The van der Waals surface area contributed by atoms with Gasteiger partial charge < -0.3 is 11.1 Å². The van der Waals surface area contributed by atoms with Crippen molar-refractivity contribution in [2.75, 3.05) is 5.32 Å². The lowest BCUT2D eigenvalue weighted by molar-refractivity contribution is 0.507. The van der Waals surface area contributed by atoms with Gasteiger partial charge in [-0.25, -0.2) is 8.78 Å². The zero-order valence-corrected chi connectivity index (χ0v) is 11.9. The minimum absolute atomic E-state index is 0.263. The molecule has 3 N–H and O–H groups in total. The zero-order chi connectivity index (χ0) is 14.7. The van der Waals surface area contributed by atoms with Crippen LogP contribution in [0.1, 0.15) is 11.1 Å². The van der Waals surface area contributed by atoms with Gasteiger partial charge in [0.25, 0.3) is 0 Å². The summed E-state index contributed by atoms with van der Waals surface area (Å²) in [4.78, 5) is 0.263. The van der Waals surface area contributed by atoms with Gasteiger partial charge >= 0.3 is 0 Å². The minimum Gasteiger partial charge on any atom is -0.389 e. The molecule has 2 aromatic carbocycles. The molecule has 104 valence electrons. The van der Waals surface area contributed by atoms with Gasteiger partial charge in [0.15, 0.2) is 11.6 Å². The van der Waals surface area contributed by atoms with E-state index in [-0.39, 0.29) is 4.99 Å². The predicted molar refractivity (Wildman–Crippen MR) is 81.0 cm³/mol.